The van der Waals surface area contributed by atoms with Gasteiger partial charge in [-0.25, -0.2) is 19.7 Å². The first-order chi connectivity index (χ1) is 15.8. The molecule has 0 radical (unpaired) electrons. The van der Waals surface area contributed by atoms with Crippen LogP contribution in [0.15, 0.2) is 36.7 Å². The van der Waals surface area contributed by atoms with Gasteiger partial charge >= 0.3 is 5.97 Å². The highest BCUT2D eigenvalue weighted by Crippen LogP contribution is 2.31. The minimum Gasteiger partial charge on any atom is -0.478 e. The second-order valence-electron chi connectivity index (χ2n) is 8.86. The van der Waals surface area contributed by atoms with Crippen LogP contribution < -0.4 is 4.90 Å². The Morgan fingerprint density at radius 3 is 2.52 bits per heavy atom. The normalized spacial score (nSPS) is 18.4. The van der Waals surface area contributed by atoms with Crippen molar-refractivity contribution in [3.8, 4) is 11.4 Å². The number of nitrogens with zero attached hydrogens (tertiary/aromatic N) is 7. The van der Waals surface area contributed by atoms with E-state index in [1.165, 1.54) is 12.8 Å². The number of aryl methyl sites for hydroxylation is 2. The van der Waals surface area contributed by atoms with E-state index in [2.05, 4.69) is 28.8 Å². The maximum absolute atomic E-state index is 11.6. The molecular weight excluding hydrogens is 418 g/mol. The lowest BCUT2D eigenvalue weighted by atomic mass is 10.2. The molecule has 1 fully saturated rings. The third-order valence-electron chi connectivity index (χ3n) is 6.45. The van der Waals surface area contributed by atoms with E-state index in [1.54, 1.807) is 17.7 Å². The second-order valence-corrected chi connectivity index (χ2v) is 8.86. The van der Waals surface area contributed by atoms with Gasteiger partial charge in [0.15, 0.2) is 5.65 Å². The monoisotopic (exact) mass is 445 g/mol. The fourth-order valence-electron chi connectivity index (χ4n) is 4.75. The van der Waals surface area contributed by atoms with E-state index in [-0.39, 0.29) is 5.56 Å². The number of hydrogen-bond donors (Lipinski definition) is 1. The quantitative estimate of drug-likeness (QED) is 0.500. The third-order valence-corrected chi connectivity index (χ3v) is 6.45. The molecule has 0 aromatic carbocycles. The Labute approximate surface area is 191 Å². The highest BCUT2D eigenvalue weighted by molar-refractivity contribution is 5.93. The molecule has 1 aliphatic rings. The number of carboxylic acid groups (broad SMARTS) is 1. The predicted molar refractivity (Wildman–Crippen MR) is 125 cm³/mol. The molecule has 0 saturated carbocycles. The number of rotatable bonds is 5. The smallest absolute Gasteiger partial charge is 0.337 e. The summed E-state index contributed by atoms with van der Waals surface area (Å²) < 4.78 is 3.73. The van der Waals surface area contributed by atoms with Gasteiger partial charge in [-0.2, -0.15) is 5.10 Å². The van der Waals surface area contributed by atoms with Crippen LogP contribution in [0.25, 0.3) is 22.6 Å². The van der Waals surface area contributed by atoms with Crippen molar-refractivity contribution in [2.45, 2.75) is 52.2 Å². The molecule has 33 heavy (non-hydrogen) atoms. The minimum atomic E-state index is -1.01. The third kappa shape index (κ3) is 3.73. The zero-order valence-electron chi connectivity index (χ0n) is 19.2. The van der Waals surface area contributed by atoms with E-state index in [0.29, 0.717) is 41.3 Å². The number of carboxylic acids is 1. The summed E-state index contributed by atoms with van der Waals surface area (Å²) in [5.41, 5.74) is 3.49. The Kier molecular flexibility index (Phi) is 5.11. The summed E-state index contributed by atoms with van der Waals surface area (Å²) in [6.45, 7) is 6.64. The van der Waals surface area contributed by atoms with Crippen LogP contribution in [0.4, 0.5) is 5.82 Å². The average Bonchev–Trinajstić information content (AvgIpc) is 3.45. The molecule has 0 unspecified atom stereocenters. The van der Waals surface area contributed by atoms with Crippen molar-refractivity contribution in [1.29, 1.82) is 0 Å². The number of hydrogen-bond acceptors (Lipinski definition) is 6. The van der Waals surface area contributed by atoms with Gasteiger partial charge in [0.2, 0.25) is 0 Å². The summed E-state index contributed by atoms with van der Waals surface area (Å²) in [5.74, 6) is 0.639. The summed E-state index contributed by atoms with van der Waals surface area (Å²) >= 11 is 0. The lowest BCUT2D eigenvalue weighted by molar-refractivity contribution is 0.0695. The van der Waals surface area contributed by atoms with E-state index >= 15 is 0 Å². The molecule has 0 aliphatic carbocycles. The molecule has 170 valence electrons. The molecule has 0 amide bonds. The number of aromatic carboxylic acids is 1. The Hall–Kier alpha value is -3.75. The van der Waals surface area contributed by atoms with Crippen molar-refractivity contribution in [2.75, 3.05) is 4.90 Å². The van der Waals surface area contributed by atoms with Crippen LogP contribution in [0.5, 0.6) is 0 Å². The van der Waals surface area contributed by atoms with Crippen LogP contribution in [-0.4, -0.2) is 52.5 Å². The van der Waals surface area contributed by atoms with Gasteiger partial charge in [-0.05, 0) is 57.9 Å². The van der Waals surface area contributed by atoms with Crippen molar-refractivity contribution in [2.24, 2.45) is 7.05 Å². The summed E-state index contributed by atoms with van der Waals surface area (Å²) in [5, 5.41) is 14.0. The summed E-state index contributed by atoms with van der Waals surface area (Å²) in [7, 11) is 1.88. The maximum atomic E-state index is 11.6. The first kappa shape index (κ1) is 21.1. The summed E-state index contributed by atoms with van der Waals surface area (Å²) in [6, 6.07) is 8.54. The number of fused-ring (bicyclic) bond motifs is 1. The average molecular weight is 446 g/mol. The fraction of sp³-hybridized carbons (Fsp3) is 0.375. The van der Waals surface area contributed by atoms with Crippen LogP contribution in [0.3, 0.4) is 0 Å². The SMILES string of the molecule is Cc1nc2c(cc1C(=O)O)nc(-c1ccc(N3[C@@H](C)CC[C@@H]3C)nc1)n2Cc1ccn(C)n1. The van der Waals surface area contributed by atoms with E-state index < -0.39 is 5.97 Å². The maximum Gasteiger partial charge on any atom is 0.337 e. The predicted octanol–water partition coefficient (Wildman–Crippen LogP) is 3.66. The van der Waals surface area contributed by atoms with Crippen LogP contribution in [0, 0.1) is 6.92 Å². The van der Waals surface area contributed by atoms with Crippen LogP contribution >= 0.6 is 0 Å². The van der Waals surface area contributed by atoms with Gasteiger partial charge in [0, 0.05) is 37.1 Å². The first-order valence-corrected chi connectivity index (χ1v) is 11.2. The number of carbonyl (C=O) groups is 1. The van der Waals surface area contributed by atoms with Gasteiger partial charge in [0.1, 0.15) is 17.2 Å². The molecule has 5 rings (SSSR count). The van der Waals surface area contributed by atoms with Crippen molar-refractivity contribution in [3.05, 3.63) is 53.6 Å². The van der Waals surface area contributed by atoms with Gasteiger partial charge in [-0.1, -0.05) is 0 Å². The molecule has 1 N–H and O–H groups in total. The number of pyridine rings is 2. The molecule has 0 spiro atoms. The number of imidazole rings is 1. The molecule has 1 saturated heterocycles. The standard InChI is InChI=1S/C24H27N7O2/c1-14-5-6-15(2)31(14)21-8-7-17(12-25-21)22-27-20-11-19(24(32)33)16(3)26-23(20)30(22)13-18-9-10-29(4)28-18/h7-12,14-15H,5-6,13H2,1-4H3,(H,32,33)/t14-,15-/m0/s1. The number of anilines is 1. The molecule has 5 heterocycles. The van der Waals surface area contributed by atoms with Crippen LogP contribution in [0.1, 0.15) is 48.4 Å². The van der Waals surface area contributed by atoms with Gasteiger partial charge in [-0.15, -0.1) is 0 Å². The molecule has 0 bridgehead atoms. The lowest BCUT2D eigenvalue weighted by Gasteiger charge is -2.27. The fourth-order valence-corrected chi connectivity index (χ4v) is 4.75. The highest BCUT2D eigenvalue weighted by atomic mass is 16.4. The van der Waals surface area contributed by atoms with E-state index in [0.717, 1.165) is 17.1 Å². The molecule has 9 heteroatoms. The minimum absolute atomic E-state index is 0.155. The summed E-state index contributed by atoms with van der Waals surface area (Å²) in [6.07, 6.45) is 6.07. The molecule has 1 aliphatic heterocycles. The Morgan fingerprint density at radius 2 is 1.91 bits per heavy atom. The topological polar surface area (TPSA) is 102 Å². The first-order valence-electron chi connectivity index (χ1n) is 11.2. The van der Waals surface area contributed by atoms with Crippen molar-refractivity contribution < 1.29 is 9.90 Å². The highest BCUT2D eigenvalue weighted by Gasteiger charge is 2.28. The Balaban J connectivity index is 1.61. The van der Waals surface area contributed by atoms with Gasteiger partial charge in [-0.3, -0.25) is 4.68 Å². The summed E-state index contributed by atoms with van der Waals surface area (Å²) in [4.78, 5) is 28.1. The lowest BCUT2D eigenvalue weighted by Crippen LogP contribution is -2.33. The number of aromatic nitrogens is 6. The largest absolute Gasteiger partial charge is 0.478 e. The Bertz CT molecular complexity index is 1330. The molecule has 4 aromatic heterocycles. The van der Waals surface area contributed by atoms with Gasteiger partial charge < -0.3 is 14.6 Å². The zero-order valence-corrected chi connectivity index (χ0v) is 19.2. The van der Waals surface area contributed by atoms with Gasteiger partial charge in [0.05, 0.1) is 23.5 Å². The van der Waals surface area contributed by atoms with E-state index in [4.69, 9.17) is 9.97 Å². The van der Waals surface area contributed by atoms with E-state index in [1.807, 2.05) is 42.2 Å². The van der Waals surface area contributed by atoms with Crippen molar-refractivity contribution in [1.82, 2.24) is 29.3 Å². The van der Waals surface area contributed by atoms with Crippen molar-refractivity contribution in [3.63, 3.8) is 0 Å². The van der Waals surface area contributed by atoms with Crippen molar-refractivity contribution >= 4 is 23.0 Å². The molecule has 4 aromatic rings. The van der Waals surface area contributed by atoms with Gasteiger partial charge in [0.25, 0.3) is 0 Å². The Morgan fingerprint density at radius 1 is 1.15 bits per heavy atom. The van der Waals surface area contributed by atoms with Crippen LogP contribution in [-0.2, 0) is 13.6 Å². The molecular formula is C24H27N7O2. The van der Waals surface area contributed by atoms with Crippen LogP contribution in [0.2, 0.25) is 0 Å². The molecule has 9 nitrogen and oxygen atoms in total. The van der Waals surface area contributed by atoms with E-state index in [9.17, 15) is 9.90 Å². The second kappa shape index (κ2) is 7.99. The molecule has 2 atom stereocenters. The zero-order chi connectivity index (χ0) is 23.3.